The van der Waals surface area contributed by atoms with Gasteiger partial charge in [0.2, 0.25) is 0 Å². The summed E-state index contributed by atoms with van der Waals surface area (Å²) in [6.45, 7) is 2.24. The molecule has 0 aromatic heterocycles. The highest BCUT2D eigenvalue weighted by Gasteiger charge is 2.19. The molecular weight excluding hydrogens is 170 g/mol. The number of allylic oxidation sites excluding steroid dienone is 2. The molecule has 14 heavy (non-hydrogen) atoms. The molecule has 1 aliphatic carbocycles. The van der Waals surface area contributed by atoms with Gasteiger partial charge in [0, 0.05) is 5.92 Å². The molecule has 0 heterocycles. The maximum atomic E-state index is 5.43. The third-order valence-electron chi connectivity index (χ3n) is 2.90. The number of hydrogen-bond acceptors (Lipinski definition) is 1. The molecule has 1 nitrogen and oxygen atoms in total. The molecule has 0 bridgehead atoms. The van der Waals surface area contributed by atoms with Crippen LogP contribution in [0.5, 0.6) is 0 Å². The summed E-state index contributed by atoms with van der Waals surface area (Å²) in [5.41, 5.74) is 8.18. The highest BCUT2D eigenvalue weighted by molar-refractivity contribution is 5.58. The number of nitrogens with two attached hydrogens (primary N) is 1. The summed E-state index contributed by atoms with van der Waals surface area (Å²) >= 11 is 0. The molecule has 2 N–H and O–H groups in total. The second-order valence-electron chi connectivity index (χ2n) is 3.74. The van der Waals surface area contributed by atoms with Crippen molar-refractivity contribution in [1.29, 1.82) is 0 Å². The van der Waals surface area contributed by atoms with E-state index in [9.17, 15) is 0 Å². The summed E-state index contributed by atoms with van der Waals surface area (Å²) < 4.78 is 0. The van der Waals surface area contributed by atoms with Crippen molar-refractivity contribution in [3.8, 4) is 0 Å². The summed E-state index contributed by atoms with van der Waals surface area (Å²) in [4.78, 5) is 0. The Labute approximate surface area is 84.9 Å². The van der Waals surface area contributed by atoms with Gasteiger partial charge in [-0.05, 0) is 23.2 Å². The normalized spacial score (nSPS) is 25.2. The second-order valence-corrected chi connectivity index (χ2v) is 3.74. The number of rotatable bonds is 1. The van der Waals surface area contributed by atoms with E-state index in [2.05, 4.69) is 49.4 Å². The topological polar surface area (TPSA) is 26.0 Å². The Morgan fingerprint density at radius 2 is 2.07 bits per heavy atom. The Kier molecular flexibility index (Phi) is 2.40. The number of fused-ring (bicyclic) bond motifs is 1. The van der Waals surface area contributed by atoms with Crippen molar-refractivity contribution in [2.45, 2.75) is 12.8 Å². The van der Waals surface area contributed by atoms with E-state index in [-0.39, 0.29) is 0 Å². The number of benzene rings is 1. The highest BCUT2D eigenvalue weighted by Crippen LogP contribution is 2.33. The van der Waals surface area contributed by atoms with Gasteiger partial charge in [-0.15, -0.1) is 0 Å². The minimum Gasteiger partial charge on any atom is -0.405 e. The van der Waals surface area contributed by atoms with E-state index >= 15 is 0 Å². The maximum absolute atomic E-state index is 5.43. The first-order valence-corrected chi connectivity index (χ1v) is 4.98. The Balaban J connectivity index is 2.39. The minimum atomic E-state index is 0.440. The molecule has 0 aliphatic heterocycles. The van der Waals surface area contributed by atoms with Crippen LogP contribution in [-0.2, 0) is 0 Å². The minimum absolute atomic E-state index is 0.440. The SMILES string of the molecule is C[C@@H]1c2ccccc2C=CC1/C=C/N. The molecule has 2 atom stereocenters. The van der Waals surface area contributed by atoms with E-state index in [0.717, 1.165) is 0 Å². The lowest BCUT2D eigenvalue weighted by atomic mass is 9.80. The molecule has 0 spiro atoms. The smallest absolute Gasteiger partial charge is 0.00333 e. The van der Waals surface area contributed by atoms with Crippen LogP contribution in [-0.4, -0.2) is 0 Å². The zero-order chi connectivity index (χ0) is 9.97. The van der Waals surface area contributed by atoms with E-state index in [1.54, 1.807) is 6.20 Å². The molecule has 2 rings (SSSR count). The first-order valence-electron chi connectivity index (χ1n) is 4.98. The Hall–Kier alpha value is -1.50. The van der Waals surface area contributed by atoms with Crippen molar-refractivity contribution >= 4 is 6.08 Å². The van der Waals surface area contributed by atoms with Gasteiger partial charge in [0.25, 0.3) is 0 Å². The predicted molar refractivity (Wildman–Crippen MR) is 60.7 cm³/mol. The Morgan fingerprint density at radius 3 is 2.86 bits per heavy atom. The lowest BCUT2D eigenvalue weighted by molar-refractivity contribution is 0.639. The fraction of sp³-hybridized carbons (Fsp3) is 0.231. The van der Waals surface area contributed by atoms with Crippen molar-refractivity contribution in [1.82, 2.24) is 0 Å². The molecule has 0 radical (unpaired) electrons. The average molecular weight is 185 g/mol. The Bertz CT molecular complexity index is 377. The van der Waals surface area contributed by atoms with Crippen molar-refractivity contribution in [2.24, 2.45) is 11.7 Å². The van der Waals surface area contributed by atoms with E-state index in [4.69, 9.17) is 5.73 Å². The van der Waals surface area contributed by atoms with Gasteiger partial charge in [-0.25, -0.2) is 0 Å². The highest BCUT2D eigenvalue weighted by atomic mass is 14.5. The van der Waals surface area contributed by atoms with Crippen LogP contribution in [0.1, 0.15) is 24.0 Å². The van der Waals surface area contributed by atoms with Crippen molar-refractivity contribution in [3.05, 3.63) is 53.7 Å². The summed E-state index contributed by atoms with van der Waals surface area (Å²) in [6.07, 6.45) is 8.09. The molecule has 0 amide bonds. The van der Waals surface area contributed by atoms with Gasteiger partial charge in [-0.1, -0.05) is 49.4 Å². The first kappa shape index (κ1) is 9.07. The van der Waals surface area contributed by atoms with Gasteiger partial charge in [0.15, 0.2) is 0 Å². The van der Waals surface area contributed by atoms with Gasteiger partial charge >= 0.3 is 0 Å². The largest absolute Gasteiger partial charge is 0.405 e. The van der Waals surface area contributed by atoms with E-state index in [1.165, 1.54) is 11.1 Å². The molecule has 0 saturated heterocycles. The molecule has 0 fully saturated rings. The quantitative estimate of drug-likeness (QED) is 0.715. The van der Waals surface area contributed by atoms with E-state index in [1.807, 2.05) is 0 Å². The third kappa shape index (κ3) is 1.46. The second kappa shape index (κ2) is 3.70. The molecule has 1 aromatic carbocycles. The van der Waals surface area contributed by atoms with Crippen LogP contribution in [0.15, 0.2) is 42.6 Å². The van der Waals surface area contributed by atoms with Crippen LogP contribution < -0.4 is 5.73 Å². The molecule has 72 valence electrons. The standard InChI is InChI=1S/C13H15N/c1-10-11(8-9-14)6-7-12-4-2-3-5-13(10)12/h2-11H,14H2,1H3/b9-8+/t10-,11?/m0/s1. The molecular formula is C13H15N. The first-order chi connectivity index (χ1) is 6.83. The van der Waals surface area contributed by atoms with Gasteiger partial charge < -0.3 is 5.73 Å². The maximum Gasteiger partial charge on any atom is 0.00333 e. The van der Waals surface area contributed by atoms with Crippen LogP contribution >= 0.6 is 0 Å². The van der Waals surface area contributed by atoms with Crippen molar-refractivity contribution in [3.63, 3.8) is 0 Å². The van der Waals surface area contributed by atoms with Gasteiger partial charge in [-0.2, -0.15) is 0 Å². The molecule has 0 saturated carbocycles. The van der Waals surface area contributed by atoms with Crippen LogP contribution in [0.2, 0.25) is 0 Å². The van der Waals surface area contributed by atoms with Gasteiger partial charge in [0.1, 0.15) is 0 Å². The molecule has 1 heteroatoms. The molecule has 1 aromatic rings. The zero-order valence-electron chi connectivity index (χ0n) is 8.35. The number of hydrogen-bond donors (Lipinski definition) is 1. The van der Waals surface area contributed by atoms with Crippen molar-refractivity contribution < 1.29 is 0 Å². The van der Waals surface area contributed by atoms with Crippen LogP contribution in [0.25, 0.3) is 6.08 Å². The van der Waals surface area contributed by atoms with Crippen LogP contribution in [0.3, 0.4) is 0 Å². The van der Waals surface area contributed by atoms with Crippen LogP contribution in [0, 0.1) is 5.92 Å². The summed E-state index contributed by atoms with van der Waals surface area (Å²) in [6, 6.07) is 8.53. The Morgan fingerprint density at radius 1 is 1.29 bits per heavy atom. The van der Waals surface area contributed by atoms with Gasteiger partial charge in [-0.3, -0.25) is 0 Å². The van der Waals surface area contributed by atoms with E-state index < -0.39 is 0 Å². The van der Waals surface area contributed by atoms with Crippen LogP contribution in [0.4, 0.5) is 0 Å². The van der Waals surface area contributed by atoms with Gasteiger partial charge in [0.05, 0.1) is 0 Å². The summed E-state index contributed by atoms with van der Waals surface area (Å²) in [5.74, 6) is 0.964. The van der Waals surface area contributed by atoms with E-state index in [0.29, 0.717) is 11.8 Å². The zero-order valence-corrected chi connectivity index (χ0v) is 8.35. The lowest BCUT2D eigenvalue weighted by Crippen LogP contribution is -2.10. The summed E-state index contributed by atoms with van der Waals surface area (Å²) in [5, 5.41) is 0. The fourth-order valence-electron chi connectivity index (χ4n) is 2.03. The average Bonchev–Trinajstić information content (AvgIpc) is 2.23. The third-order valence-corrected chi connectivity index (χ3v) is 2.90. The molecule has 1 unspecified atom stereocenters. The monoisotopic (exact) mass is 185 g/mol. The van der Waals surface area contributed by atoms with Crippen molar-refractivity contribution in [2.75, 3.05) is 0 Å². The lowest BCUT2D eigenvalue weighted by Gasteiger charge is -2.24. The fourth-order valence-corrected chi connectivity index (χ4v) is 2.03. The molecule has 1 aliphatic rings. The summed E-state index contributed by atoms with van der Waals surface area (Å²) in [7, 11) is 0. The predicted octanol–water partition coefficient (Wildman–Crippen LogP) is 2.91.